The summed E-state index contributed by atoms with van der Waals surface area (Å²) in [5.74, 6) is -0.112. The number of aliphatic hydroxyl groups is 2. The molecule has 0 saturated carbocycles. The van der Waals surface area contributed by atoms with Crippen molar-refractivity contribution in [2.75, 3.05) is 6.61 Å². The van der Waals surface area contributed by atoms with Crippen LogP contribution in [-0.4, -0.2) is 34.9 Å². The Morgan fingerprint density at radius 3 is 1.15 bits per heavy atom. The lowest BCUT2D eigenvalue weighted by Crippen LogP contribution is -2.45. The topological polar surface area (TPSA) is 69.6 Å². The van der Waals surface area contributed by atoms with Crippen molar-refractivity contribution in [1.29, 1.82) is 0 Å². The van der Waals surface area contributed by atoms with E-state index in [1.54, 1.807) is 6.08 Å². The van der Waals surface area contributed by atoms with Crippen LogP contribution >= 0.6 is 0 Å². The van der Waals surface area contributed by atoms with Crippen molar-refractivity contribution < 1.29 is 15.0 Å². The number of hydrogen-bond acceptors (Lipinski definition) is 3. The molecular formula is C56H87NO3. The Kier molecular flexibility index (Phi) is 46.1. The minimum absolute atomic E-state index is 0.112. The van der Waals surface area contributed by atoms with Crippen molar-refractivity contribution in [3.8, 4) is 0 Å². The highest BCUT2D eigenvalue weighted by atomic mass is 16.3. The second-order valence-electron chi connectivity index (χ2n) is 15.1. The maximum Gasteiger partial charge on any atom is 0.220 e. The van der Waals surface area contributed by atoms with E-state index in [9.17, 15) is 15.0 Å². The highest BCUT2D eigenvalue weighted by Gasteiger charge is 2.17. The molecule has 0 rings (SSSR count). The normalized spacial score (nSPS) is 14.4. The molecule has 0 aromatic rings. The predicted molar refractivity (Wildman–Crippen MR) is 266 cm³/mol. The second kappa shape index (κ2) is 49.4. The molecule has 0 radical (unpaired) electrons. The number of unbranched alkanes of at least 4 members (excludes halogenated alkanes) is 9. The van der Waals surface area contributed by atoms with Crippen molar-refractivity contribution in [3.63, 3.8) is 0 Å². The van der Waals surface area contributed by atoms with Gasteiger partial charge in [0.15, 0.2) is 0 Å². The summed E-state index contributed by atoms with van der Waals surface area (Å²) in [6, 6.07) is -0.670. The molecule has 0 aromatic heterocycles. The average molecular weight is 822 g/mol. The van der Waals surface area contributed by atoms with Crippen LogP contribution in [0.25, 0.3) is 0 Å². The number of rotatable bonds is 40. The van der Waals surface area contributed by atoms with Crippen LogP contribution in [0.5, 0.6) is 0 Å². The van der Waals surface area contributed by atoms with Crippen LogP contribution in [0.3, 0.4) is 0 Å². The third-order valence-electron chi connectivity index (χ3n) is 9.47. The summed E-state index contributed by atoms with van der Waals surface area (Å²) >= 11 is 0. The predicted octanol–water partition coefficient (Wildman–Crippen LogP) is 15.5. The van der Waals surface area contributed by atoms with E-state index in [0.29, 0.717) is 6.42 Å². The van der Waals surface area contributed by atoms with Gasteiger partial charge in [-0.3, -0.25) is 4.79 Å². The van der Waals surface area contributed by atoms with Crippen LogP contribution in [0.2, 0.25) is 0 Å². The van der Waals surface area contributed by atoms with Gasteiger partial charge in [-0.15, -0.1) is 0 Å². The smallest absolute Gasteiger partial charge is 0.220 e. The van der Waals surface area contributed by atoms with Gasteiger partial charge in [0.05, 0.1) is 18.8 Å². The minimum atomic E-state index is -0.892. The molecule has 3 N–H and O–H groups in total. The highest BCUT2D eigenvalue weighted by Crippen LogP contribution is 2.08. The first-order valence-corrected chi connectivity index (χ1v) is 23.7. The quantitative estimate of drug-likeness (QED) is 0.0426. The highest BCUT2D eigenvalue weighted by molar-refractivity contribution is 5.76. The fourth-order valence-electron chi connectivity index (χ4n) is 5.88. The Morgan fingerprint density at radius 2 is 0.750 bits per heavy atom. The Morgan fingerprint density at radius 1 is 0.417 bits per heavy atom. The van der Waals surface area contributed by atoms with Crippen LogP contribution in [0.4, 0.5) is 0 Å². The molecule has 0 bridgehead atoms. The molecule has 0 heterocycles. The van der Waals surface area contributed by atoms with Crippen LogP contribution < -0.4 is 5.32 Å². The van der Waals surface area contributed by atoms with Gasteiger partial charge in [0, 0.05) is 6.42 Å². The van der Waals surface area contributed by atoms with Crippen LogP contribution in [0, 0.1) is 0 Å². The van der Waals surface area contributed by atoms with Gasteiger partial charge in [0.2, 0.25) is 5.91 Å². The summed E-state index contributed by atoms with van der Waals surface area (Å²) in [5.41, 5.74) is 0. The van der Waals surface area contributed by atoms with Crippen LogP contribution in [0.15, 0.2) is 158 Å². The first-order valence-electron chi connectivity index (χ1n) is 23.7. The largest absolute Gasteiger partial charge is 0.394 e. The Balaban J connectivity index is 3.77. The number of allylic oxidation sites excluding steroid dienone is 25. The monoisotopic (exact) mass is 822 g/mol. The molecule has 0 fully saturated rings. The van der Waals surface area contributed by atoms with E-state index in [-0.39, 0.29) is 12.5 Å². The second-order valence-corrected chi connectivity index (χ2v) is 15.1. The molecule has 1 amide bonds. The van der Waals surface area contributed by atoms with Crippen molar-refractivity contribution in [3.05, 3.63) is 158 Å². The van der Waals surface area contributed by atoms with E-state index in [1.807, 2.05) is 6.08 Å². The number of aliphatic hydroxyl groups excluding tert-OH is 2. The first kappa shape index (κ1) is 56.0. The molecule has 4 nitrogen and oxygen atoms in total. The van der Waals surface area contributed by atoms with Crippen molar-refractivity contribution >= 4 is 5.91 Å². The van der Waals surface area contributed by atoms with Gasteiger partial charge in [-0.2, -0.15) is 0 Å². The number of nitrogens with one attached hydrogen (secondary N) is 1. The molecule has 4 heteroatoms. The van der Waals surface area contributed by atoms with Gasteiger partial charge < -0.3 is 15.5 Å². The van der Waals surface area contributed by atoms with E-state index >= 15 is 0 Å². The summed E-state index contributed by atoms with van der Waals surface area (Å²) in [7, 11) is 0. The summed E-state index contributed by atoms with van der Waals surface area (Å²) in [6.07, 6.45) is 80.7. The molecule has 2 atom stereocenters. The van der Waals surface area contributed by atoms with E-state index in [0.717, 1.165) is 122 Å². The molecular weight excluding hydrogens is 735 g/mol. The first-order chi connectivity index (χ1) is 29.7. The Bertz CT molecular complexity index is 1350. The molecule has 2 unspecified atom stereocenters. The average Bonchev–Trinajstić information content (AvgIpc) is 3.25. The zero-order valence-corrected chi connectivity index (χ0v) is 38.1. The SMILES string of the molecule is CC/C=C\C/C=C\C/C=C\C/C=C\C/C=C\C/C=C\C/C=C\C/C=C\C/C=C\C/C=C\CCCCCCC(=O)NC(CO)C(O)/C=C/CC/C=C/CC/C=C/CCCCC. The number of amides is 1. The molecule has 0 aromatic carbocycles. The molecule has 60 heavy (non-hydrogen) atoms. The van der Waals surface area contributed by atoms with Gasteiger partial charge in [-0.05, 0) is 122 Å². The van der Waals surface area contributed by atoms with Gasteiger partial charge in [0.25, 0.3) is 0 Å². The third-order valence-corrected chi connectivity index (χ3v) is 9.47. The van der Waals surface area contributed by atoms with Gasteiger partial charge in [0.1, 0.15) is 0 Å². The van der Waals surface area contributed by atoms with Crippen LogP contribution in [0.1, 0.15) is 168 Å². The fraction of sp³-hybridized carbons (Fsp3) is 0.518. The molecule has 0 saturated heterocycles. The number of carbonyl (C=O) groups excluding carboxylic acids is 1. The lowest BCUT2D eigenvalue weighted by atomic mass is 10.1. The molecule has 0 aliphatic rings. The lowest BCUT2D eigenvalue weighted by molar-refractivity contribution is -0.123. The molecule has 0 aliphatic heterocycles. The maximum atomic E-state index is 12.4. The summed E-state index contributed by atoms with van der Waals surface area (Å²) in [4.78, 5) is 12.4. The zero-order chi connectivity index (χ0) is 43.5. The van der Waals surface area contributed by atoms with Crippen molar-refractivity contribution in [2.45, 2.75) is 180 Å². The van der Waals surface area contributed by atoms with E-state index in [4.69, 9.17) is 0 Å². The van der Waals surface area contributed by atoms with Crippen LogP contribution in [-0.2, 0) is 4.79 Å². The number of carbonyl (C=O) groups is 1. The summed E-state index contributed by atoms with van der Waals surface area (Å²) < 4.78 is 0. The van der Waals surface area contributed by atoms with Gasteiger partial charge in [-0.1, -0.05) is 198 Å². The fourth-order valence-corrected chi connectivity index (χ4v) is 5.88. The summed E-state index contributed by atoms with van der Waals surface area (Å²) in [5, 5.41) is 22.9. The molecule has 0 spiro atoms. The maximum absolute atomic E-state index is 12.4. The molecule has 0 aliphatic carbocycles. The standard InChI is InChI=1S/C56H87NO3/c1-3-5-7-9-11-13-15-17-18-19-20-21-22-23-24-25-26-27-28-29-30-31-32-33-34-35-36-37-38-40-42-44-46-48-50-52-56(60)57-54(53-58)55(59)51-49-47-45-43-41-39-16-14-12-10-8-6-4-2/h5,7,11-14,17-18,20-21,23-24,26-27,29-30,32-33,35-36,38,40-41,43,49,51,54-55,58-59H,3-4,6,8-10,15-16,19,22,25,28,31,34,37,39,42,44-48,50,52-53H2,1-2H3,(H,57,60)/b7-5-,13-11-,14-12+,18-17-,21-20-,24-23-,27-26-,30-29-,33-32-,36-35-,40-38-,43-41+,51-49+. The Hall–Kier alpha value is -3.99. The number of hydrogen-bond donors (Lipinski definition) is 3. The van der Waals surface area contributed by atoms with Gasteiger partial charge in [-0.25, -0.2) is 0 Å². The Labute approximate surface area is 369 Å². The van der Waals surface area contributed by atoms with E-state index < -0.39 is 12.1 Å². The zero-order valence-electron chi connectivity index (χ0n) is 38.1. The van der Waals surface area contributed by atoms with Crippen molar-refractivity contribution in [2.24, 2.45) is 0 Å². The minimum Gasteiger partial charge on any atom is -0.394 e. The molecule has 334 valence electrons. The lowest BCUT2D eigenvalue weighted by Gasteiger charge is -2.19. The van der Waals surface area contributed by atoms with E-state index in [2.05, 4.69) is 165 Å². The summed E-state index contributed by atoms with van der Waals surface area (Å²) in [6.45, 7) is 4.11. The third kappa shape index (κ3) is 45.1. The van der Waals surface area contributed by atoms with E-state index in [1.165, 1.54) is 25.7 Å². The van der Waals surface area contributed by atoms with Gasteiger partial charge >= 0.3 is 0 Å². The van der Waals surface area contributed by atoms with Crippen molar-refractivity contribution in [1.82, 2.24) is 5.32 Å².